The minimum Gasteiger partial charge on any atom is -0.316 e. The fourth-order valence-electron chi connectivity index (χ4n) is 1.64. The normalized spacial score (nSPS) is 25.5. The summed E-state index contributed by atoms with van der Waals surface area (Å²) in [6.07, 6.45) is 7.12. The van der Waals surface area contributed by atoms with Gasteiger partial charge in [0, 0.05) is 0 Å². The zero-order valence-electron chi connectivity index (χ0n) is 7.03. The van der Waals surface area contributed by atoms with Crippen molar-refractivity contribution in [2.24, 2.45) is 5.92 Å². The zero-order chi connectivity index (χ0) is 7.23. The van der Waals surface area contributed by atoms with Gasteiger partial charge >= 0.3 is 0 Å². The number of hydrogen-bond donors (Lipinski definition) is 1. The first-order valence-electron chi connectivity index (χ1n) is 4.64. The van der Waals surface area contributed by atoms with Crippen molar-refractivity contribution < 1.29 is 0 Å². The van der Waals surface area contributed by atoms with Crippen LogP contribution in [0.4, 0.5) is 0 Å². The average molecular weight is 141 g/mol. The molecule has 0 bridgehead atoms. The predicted octanol–water partition coefficient (Wildman–Crippen LogP) is 2.18. The van der Waals surface area contributed by atoms with Gasteiger partial charge in [-0.2, -0.15) is 0 Å². The van der Waals surface area contributed by atoms with E-state index in [-0.39, 0.29) is 0 Å². The summed E-state index contributed by atoms with van der Waals surface area (Å²) in [6.45, 7) is 4.81. The maximum atomic E-state index is 3.40. The van der Waals surface area contributed by atoms with Gasteiger partial charge < -0.3 is 5.32 Å². The molecule has 0 aliphatic carbocycles. The van der Waals surface area contributed by atoms with Gasteiger partial charge in [0.25, 0.3) is 0 Å². The first-order valence-corrected chi connectivity index (χ1v) is 4.64. The number of unbranched alkanes of at least 4 members (excludes halogenated alkanes) is 2. The Bertz CT molecular complexity index is 74.8. The van der Waals surface area contributed by atoms with Crippen LogP contribution in [0.1, 0.15) is 39.0 Å². The van der Waals surface area contributed by atoms with Crippen LogP contribution in [0.3, 0.4) is 0 Å². The lowest BCUT2D eigenvalue weighted by atomic mass is 10.0. The van der Waals surface area contributed by atoms with E-state index in [1.165, 1.54) is 45.2 Å². The van der Waals surface area contributed by atoms with E-state index in [4.69, 9.17) is 0 Å². The molecule has 0 amide bonds. The second kappa shape index (κ2) is 4.73. The third-order valence-corrected chi connectivity index (χ3v) is 2.38. The maximum Gasteiger partial charge on any atom is -0.00200 e. The monoisotopic (exact) mass is 141 g/mol. The fourth-order valence-corrected chi connectivity index (χ4v) is 1.64. The molecular formula is C9H19N. The van der Waals surface area contributed by atoms with E-state index < -0.39 is 0 Å². The van der Waals surface area contributed by atoms with Crippen LogP contribution in [0.2, 0.25) is 0 Å². The van der Waals surface area contributed by atoms with Crippen molar-refractivity contribution in [3.63, 3.8) is 0 Å². The van der Waals surface area contributed by atoms with Gasteiger partial charge in [0.05, 0.1) is 0 Å². The Morgan fingerprint density at radius 2 is 2.30 bits per heavy atom. The van der Waals surface area contributed by atoms with Crippen LogP contribution in [0.15, 0.2) is 0 Å². The summed E-state index contributed by atoms with van der Waals surface area (Å²) < 4.78 is 0. The van der Waals surface area contributed by atoms with E-state index in [1.807, 2.05) is 0 Å². The lowest BCUT2D eigenvalue weighted by Crippen LogP contribution is -2.08. The van der Waals surface area contributed by atoms with Crippen molar-refractivity contribution in [3.05, 3.63) is 0 Å². The van der Waals surface area contributed by atoms with Gasteiger partial charge in [-0.25, -0.2) is 0 Å². The summed E-state index contributed by atoms with van der Waals surface area (Å²) >= 11 is 0. The van der Waals surface area contributed by atoms with Gasteiger partial charge in [0.15, 0.2) is 0 Å². The summed E-state index contributed by atoms with van der Waals surface area (Å²) in [5, 5.41) is 3.40. The molecule has 0 radical (unpaired) electrons. The first-order chi connectivity index (χ1) is 4.93. The molecule has 0 saturated carbocycles. The Balaban J connectivity index is 1.91. The van der Waals surface area contributed by atoms with E-state index in [9.17, 15) is 0 Å². The van der Waals surface area contributed by atoms with Crippen molar-refractivity contribution in [1.29, 1.82) is 0 Å². The first kappa shape index (κ1) is 8.06. The molecule has 1 fully saturated rings. The van der Waals surface area contributed by atoms with E-state index in [0.717, 1.165) is 5.92 Å². The van der Waals surface area contributed by atoms with Crippen LogP contribution in [-0.4, -0.2) is 13.1 Å². The molecule has 1 atom stereocenters. The van der Waals surface area contributed by atoms with E-state index in [2.05, 4.69) is 12.2 Å². The van der Waals surface area contributed by atoms with E-state index >= 15 is 0 Å². The molecule has 10 heavy (non-hydrogen) atoms. The topological polar surface area (TPSA) is 12.0 Å². The molecule has 1 nitrogen and oxygen atoms in total. The second-order valence-corrected chi connectivity index (χ2v) is 3.35. The Hall–Kier alpha value is -0.0400. The molecule has 1 heteroatoms. The highest BCUT2D eigenvalue weighted by molar-refractivity contribution is 4.70. The van der Waals surface area contributed by atoms with Gasteiger partial charge in [-0.1, -0.05) is 26.2 Å². The van der Waals surface area contributed by atoms with Crippen LogP contribution in [0, 0.1) is 5.92 Å². The third-order valence-electron chi connectivity index (χ3n) is 2.38. The van der Waals surface area contributed by atoms with Crippen LogP contribution >= 0.6 is 0 Å². The van der Waals surface area contributed by atoms with Crippen LogP contribution in [-0.2, 0) is 0 Å². The summed E-state index contributed by atoms with van der Waals surface area (Å²) in [7, 11) is 0. The van der Waals surface area contributed by atoms with Crippen molar-refractivity contribution >= 4 is 0 Å². The highest BCUT2D eigenvalue weighted by Crippen LogP contribution is 2.15. The number of rotatable bonds is 4. The van der Waals surface area contributed by atoms with Crippen molar-refractivity contribution in [2.75, 3.05) is 13.1 Å². The highest BCUT2D eigenvalue weighted by Gasteiger charge is 2.12. The summed E-state index contributed by atoms with van der Waals surface area (Å²) in [6, 6.07) is 0. The molecule has 1 saturated heterocycles. The Morgan fingerprint density at radius 1 is 1.40 bits per heavy atom. The molecule has 1 aliphatic rings. The standard InChI is InChI=1S/C9H19N/c1-2-3-4-5-9-6-7-10-8-9/h9-10H,2-8H2,1H3/t9-/m1/s1. The van der Waals surface area contributed by atoms with Gasteiger partial charge in [-0.3, -0.25) is 0 Å². The number of nitrogens with one attached hydrogen (secondary N) is 1. The van der Waals surface area contributed by atoms with Gasteiger partial charge in [0.1, 0.15) is 0 Å². The molecule has 0 aromatic carbocycles. The molecule has 0 unspecified atom stereocenters. The molecular weight excluding hydrogens is 122 g/mol. The molecule has 1 aliphatic heterocycles. The quantitative estimate of drug-likeness (QED) is 0.592. The van der Waals surface area contributed by atoms with Crippen LogP contribution < -0.4 is 5.32 Å². The molecule has 1 rings (SSSR count). The SMILES string of the molecule is CCCCC[C@@H]1CCNC1. The van der Waals surface area contributed by atoms with Crippen LogP contribution in [0.25, 0.3) is 0 Å². The smallest absolute Gasteiger partial charge is 0.00200 e. The lowest BCUT2D eigenvalue weighted by Gasteiger charge is -2.05. The van der Waals surface area contributed by atoms with E-state index in [0.29, 0.717) is 0 Å². The Kier molecular flexibility index (Phi) is 3.81. The van der Waals surface area contributed by atoms with Crippen LogP contribution in [0.5, 0.6) is 0 Å². The van der Waals surface area contributed by atoms with Gasteiger partial charge in [-0.15, -0.1) is 0 Å². The summed E-state index contributed by atoms with van der Waals surface area (Å²) in [5.41, 5.74) is 0. The molecule has 0 aromatic rings. The third kappa shape index (κ3) is 2.70. The van der Waals surface area contributed by atoms with Crippen molar-refractivity contribution in [2.45, 2.75) is 39.0 Å². The number of hydrogen-bond acceptors (Lipinski definition) is 1. The summed E-state index contributed by atoms with van der Waals surface area (Å²) in [4.78, 5) is 0. The molecule has 1 heterocycles. The average Bonchev–Trinajstić information content (AvgIpc) is 2.41. The maximum absolute atomic E-state index is 3.40. The Labute approximate surface area is 64.2 Å². The highest BCUT2D eigenvalue weighted by atomic mass is 14.9. The molecule has 1 N–H and O–H groups in total. The molecule has 0 aromatic heterocycles. The largest absolute Gasteiger partial charge is 0.316 e. The van der Waals surface area contributed by atoms with Crippen molar-refractivity contribution in [1.82, 2.24) is 5.32 Å². The summed E-state index contributed by atoms with van der Waals surface area (Å²) in [5.74, 6) is 1.01. The second-order valence-electron chi connectivity index (χ2n) is 3.35. The predicted molar refractivity (Wildman–Crippen MR) is 45.1 cm³/mol. The van der Waals surface area contributed by atoms with Gasteiger partial charge in [-0.05, 0) is 31.8 Å². The van der Waals surface area contributed by atoms with Gasteiger partial charge in [0.2, 0.25) is 0 Å². The fraction of sp³-hybridized carbons (Fsp3) is 1.00. The minimum absolute atomic E-state index is 1.01. The van der Waals surface area contributed by atoms with Crippen molar-refractivity contribution in [3.8, 4) is 0 Å². The van der Waals surface area contributed by atoms with E-state index in [1.54, 1.807) is 0 Å². The zero-order valence-corrected chi connectivity index (χ0v) is 7.03. The minimum atomic E-state index is 1.01. The molecule has 0 spiro atoms. The Morgan fingerprint density at radius 3 is 2.90 bits per heavy atom. The molecule has 60 valence electrons. The lowest BCUT2D eigenvalue weighted by molar-refractivity contribution is 0.495.